The van der Waals surface area contributed by atoms with Crippen LogP contribution in [0.3, 0.4) is 0 Å². The number of hydroxylamine groups is 2. The van der Waals surface area contributed by atoms with Crippen molar-refractivity contribution in [1.29, 1.82) is 0 Å². The topological polar surface area (TPSA) is 30.9 Å². The fourth-order valence-electron chi connectivity index (χ4n) is 5.07. The van der Waals surface area contributed by atoms with Gasteiger partial charge in [0.1, 0.15) is 6.10 Å². The van der Waals surface area contributed by atoms with Crippen LogP contribution in [0.4, 0.5) is 0 Å². The van der Waals surface area contributed by atoms with E-state index in [1.165, 1.54) is 5.56 Å². The Kier molecular flexibility index (Phi) is 6.00. The molecular formula is C24H39NO3. The molecule has 0 saturated carbocycles. The summed E-state index contributed by atoms with van der Waals surface area (Å²) < 4.78 is 13.1. The number of benzene rings is 1. The van der Waals surface area contributed by atoms with E-state index in [-0.39, 0.29) is 35.3 Å². The summed E-state index contributed by atoms with van der Waals surface area (Å²) in [5, 5.41) is 2.30. The summed E-state index contributed by atoms with van der Waals surface area (Å²) >= 11 is 0. The maximum Gasteiger partial charge on any atom is 0.175 e. The zero-order chi connectivity index (χ0) is 20.7. The summed E-state index contributed by atoms with van der Waals surface area (Å²) in [5.41, 5.74) is 0.822. The zero-order valence-corrected chi connectivity index (χ0v) is 19.0. The standard InChI is InChI=1S/C24H39NO3/c1-9-22(7)16-24(26-17(3)18(4)27-24)20(6)23(8,10-2)25(22)28-19(5)21-14-12-11-13-15-21/h11-15,17-20H,9-10,16H2,1-8H3. The maximum absolute atomic E-state index is 6.74. The third-order valence-electron chi connectivity index (χ3n) is 7.62. The van der Waals surface area contributed by atoms with Gasteiger partial charge in [-0.1, -0.05) is 51.1 Å². The molecule has 2 heterocycles. The van der Waals surface area contributed by atoms with Crippen LogP contribution in [-0.4, -0.2) is 34.1 Å². The fourth-order valence-corrected chi connectivity index (χ4v) is 5.07. The summed E-state index contributed by atoms with van der Waals surface area (Å²) in [6.07, 6.45) is 2.95. The van der Waals surface area contributed by atoms with Crippen molar-refractivity contribution >= 4 is 0 Å². The Morgan fingerprint density at radius 2 is 1.61 bits per heavy atom. The molecule has 0 aliphatic carbocycles. The van der Waals surface area contributed by atoms with Crippen molar-refractivity contribution in [2.45, 2.75) is 110 Å². The largest absolute Gasteiger partial charge is 0.344 e. The monoisotopic (exact) mass is 389 g/mol. The molecule has 0 N–H and O–H groups in total. The van der Waals surface area contributed by atoms with Crippen molar-refractivity contribution in [3.8, 4) is 0 Å². The van der Waals surface area contributed by atoms with Crippen LogP contribution >= 0.6 is 0 Å². The Morgan fingerprint density at radius 1 is 1.04 bits per heavy atom. The highest BCUT2D eigenvalue weighted by atomic mass is 16.8. The van der Waals surface area contributed by atoms with Crippen LogP contribution in [0.1, 0.15) is 86.3 Å². The minimum Gasteiger partial charge on any atom is -0.344 e. The molecule has 4 heteroatoms. The molecular weight excluding hydrogens is 350 g/mol. The van der Waals surface area contributed by atoms with E-state index in [4.69, 9.17) is 14.3 Å². The lowest BCUT2D eigenvalue weighted by atomic mass is 9.67. The van der Waals surface area contributed by atoms with E-state index >= 15 is 0 Å². The van der Waals surface area contributed by atoms with Gasteiger partial charge in [-0.15, -0.1) is 0 Å². The van der Waals surface area contributed by atoms with Gasteiger partial charge in [-0.3, -0.25) is 4.84 Å². The average molecular weight is 390 g/mol. The molecule has 0 aromatic heterocycles. The van der Waals surface area contributed by atoms with E-state index < -0.39 is 5.79 Å². The molecule has 0 radical (unpaired) electrons. The quantitative estimate of drug-likeness (QED) is 0.629. The molecule has 1 aromatic carbocycles. The van der Waals surface area contributed by atoms with Gasteiger partial charge >= 0.3 is 0 Å². The molecule has 0 bridgehead atoms. The third kappa shape index (κ3) is 3.43. The summed E-state index contributed by atoms with van der Waals surface area (Å²) in [7, 11) is 0. The van der Waals surface area contributed by atoms with E-state index in [2.05, 4.69) is 84.7 Å². The minimum atomic E-state index is -0.551. The van der Waals surface area contributed by atoms with Crippen LogP contribution < -0.4 is 0 Å². The average Bonchev–Trinajstić information content (AvgIpc) is 2.98. The number of nitrogens with zero attached hydrogens (tertiary/aromatic N) is 1. The van der Waals surface area contributed by atoms with E-state index in [1.54, 1.807) is 0 Å². The molecule has 6 atom stereocenters. The van der Waals surface area contributed by atoms with Crippen LogP contribution in [0.25, 0.3) is 0 Å². The van der Waals surface area contributed by atoms with Crippen LogP contribution in [0, 0.1) is 5.92 Å². The molecule has 1 aromatic rings. The first-order valence-electron chi connectivity index (χ1n) is 11.0. The Bertz CT molecular complexity index is 655. The zero-order valence-electron chi connectivity index (χ0n) is 19.0. The van der Waals surface area contributed by atoms with Crippen LogP contribution in [-0.2, 0) is 14.3 Å². The van der Waals surface area contributed by atoms with Gasteiger partial charge in [-0.25, -0.2) is 0 Å². The van der Waals surface area contributed by atoms with Gasteiger partial charge < -0.3 is 9.47 Å². The second kappa shape index (κ2) is 7.71. The smallest absolute Gasteiger partial charge is 0.175 e. The van der Waals surface area contributed by atoms with Gasteiger partial charge in [0.2, 0.25) is 0 Å². The Morgan fingerprint density at radius 3 is 2.11 bits per heavy atom. The molecule has 3 rings (SSSR count). The molecule has 2 fully saturated rings. The first-order valence-corrected chi connectivity index (χ1v) is 11.0. The van der Waals surface area contributed by atoms with E-state index in [0.717, 1.165) is 19.3 Å². The molecule has 6 unspecified atom stereocenters. The maximum atomic E-state index is 6.74. The van der Waals surface area contributed by atoms with E-state index in [1.807, 2.05) is 6.07 Å². The Hall–Kier alpha value is -0.940. The highest BCUT2D eigenvalue weighted by Crippen LogP contribution is 2.55. The van der Waals surface area contributed by atoms with Crippen LogP contribution in [0.5, 0.6) is 0 Å². The van der Waals surface area contributed by atoms with Gasteiger partial charge in [0.25, 0.3) is 0 Å². The van der Waals surface area contributed by atoms with Crippen molar-refractivity contribution in [3.05, 3.63) is 35.9 Å². The van der Waals surface area contributed by atoms with Gasteiger partial charge in [-0.2, -0.15) is 5.06 Å². The third-order valence-corrected chi connectivity index (χ3v) is 7.62. The number of hydrogen-bond donors (Lipinski definition) is 0. The Labute approximate surface area is 171 Å². The molecule has 2 aliphatic heterocycles. The highest BCUT2D eigenvalue weighted by molar-refractivity contribution is 5.17. The lowest BCUT2D eigenvalue weighted by Crippen LogP contribution is -2.71. The molecule has 0 amide bonds. The summed E-state index contributed by atoms with van der Waals surface area (Å²) in [5.74, 6) is -0.371. The fraction of sp³-hybridized carbons (Fsp3) is 0.750. The molecule has 1 spiro atoms. The lowest BCUT2D eigenvalue weighted by Gasteiger charge is -2.62. The number of rotatable bonds is 5. The Balaban J connectivity index is 1.97. The van der Waals surface area contributed by atoms with Crippen molar-refractivity contribution in [1.82, 2.24) is 5.06 Å². The highest BCUT2D eigenvalue weighted by Gasteiger charge is 2.64. The predicted octanol–water partition coefficient (Wildman–Crippen LogP) is 5.88. The summed E-state index contributed by atoms with van der Waals surface area (Å²) in [6, 6.07) is 10.5. The lowest BCUT2D eigenvalue weighted by molar-refractivity contribution is -0.381. The van der Waals surface area contributed by atoms with Crippen LogP contribution in [0.2, 0.25) is 0 Å². The van der Waals surface area contributed by atoms with E-state index in [0.29, 0.717) is 0 Å². The van der Waals surface area contributed by atoms with Crippen molar-refractivity contribution in [2.75, 3.05) is 0 Å². The normalized spacial score (nSPS) is 42.8. The molecule has 2 aliphatic rings. The SMILES string of the molecule is CCC1(C)CC2(OC(C)C(C)O2)C(C)C(C)(CC)N1OC(C)c1ccccc1. The van der Waals surface area contributed by atoms with Crippen LogP contribution in [0.15, 0.2) is 30.3 Å². The van der Waals surface area contributed by atoms with Gasteiger partial charge in [-0.05, 0) is 53.0 Å². The minimum absolute atomic E-state index is 0.0116. The second-order valence-electron chi connectivity index (χ2n) is 9.37. The first kappa shape index (κ1) is 21.8. The first-order chi connectivity index (χ1) is 13.1. The molecule has 28 heavy (non-hydrogen) atoms. The van der Waals surface area contributed by atoms with E-state index in [9.17, 15) is 0 Å². The van der Waals surface area contributed by atoms with Crippen molar-refractivity contribution < 1.29 is 14.3 Å². The van der Waals surface area contributed by atoms with Gasteiger partial charge in [0.05, 0.1) is 17.7 Å². The predicted molar refractivity (Wildman–Crippen MR) is 113 cm³/mol. The number of piperidine rings is 1. The number of hydrogen-bond acceptors (Lipinski definition) is 4. The van der Waals surface area contributed by atoms with Crippen molar-refractivity contribution in [3.63, 3.8) is 0 Å². The van der Waals surface area contributed by atoms with Gasteiger partial charge in [0, 0.05) is 17.9 Å². The second-order valence-corrected chi connectivity index (χ2v) is 9.37. The summed E-state index contributed by atoms with van der Waals surface area (Å²) in [6.45, 7) is 17.8. The number of ether oxygens (including phenoxy) is 2. The summed E-state index contributed by atoms with van der Waals surface area (Å²) in [4.78, 5) is 6.74. The molecule has 4 nitrogen and oxygen atoms in total. The molecule has 158 valence electrons. The van der Waals surface area contributed by atoms with Crippen molar-refractivity contribution in [2.24, 2.45) is 5.92 Å². The van der Waals surface area contributed by atoms with Gasteiger partial charge in [0.15, 0.2) is 5.79 Å². The molecule has 2 saturated heterocycles.